The van der Waals surface area contributed by atoms with Crippen molar-refractivity contribution in [3.8, 4) is 0 Å². The lowest BCUT2D eigenvalue weighted by atomic mass is 10.0. The van der Waals surface area contributed by atoms with Crippen LogP contribution in [-0.2, 0) is 11.2 Å². The molecule has 128 valence electrons. The summed E-state index contributed by atoms with van der Waals surface area (Å²) in [7, 11) is 0. The Balaban J connectivity index is 1.85. The van der Waals surface area contributed by atoms with Gasteiger partial charge in [-0.2, -0.15) is 0 Å². The second kappa shape index (κ2) is 6.72. The molecule has 0 spiro atoms. The molecule has 2 amide bonds. The van der Waals surface area contributed by atoms with Crippen LogP contribution in [0.15, 0.2) is 36.4 Å². The van der Waals surface area contributed by atoms with Gasteiger partial charge in [-0.25, -0.2) is 0 Å². The molecule has 0 saturated carbocycles. The molecule has 25 heavy (non-hydrogen) atoms. The zero-order valence-corrected chi connectivity index (χ0v) is 13.7. The summed E-state index contributed by atoms with van der Waals surface area (Å²) in [6, 6.07) is 9.44. The lowest BCUT2D eigenvalue weighted by molar-refractivity contribution is -0.384. The molecular formula is C18H17N3O4. The lowest BCUT2D eigenvalue weighted by Crippen LogP contribution is -2.14. The minimum atomic E-state index is -0.500. The molecule has 7 heteroatoms. The summed E-state index contributed by atoms with van der Waals surface area (Å²) < 4.78 is 0. The van der Waals surface area contributed by atoms with Crippen molar-refractivity contribution in [2.24, 2.45) is 0 Å². The molecule has 0 atom stereocenters. The number of non-ortho nitro benzene ring substituents is 1. The molecule has 2 aromatic rings. The Hall–Kier alpha value is -3.22. The Bertz CT molecular complexity index is 877. The second-order valence-corrected chi connectivity index (χ2v) is 5.98. The molecule has 3 rings (SSSR count). The number of nitrogens with zero attached hydrogens (tertiary/aromatic N) is 1. The third kappa shape index (κ3) is 3.65. The Morgan fingerprint density at radius 2 is 2.00 bits per heavy atom. The molecule has 2 N–H and O–H groups in total. The molecule has 0 aromatic heterocycles. The van der Waals surface area contributed by atoms with Gasteiger partial charge in [0.25, 0.3) is 11.6 Å². The first-order valence-corrected chi connectivity index (χ1v) is 7.93. The summed E-state index contributed by atoms with van der Waals surface area (Å²) in [5.74, 6) is -0.370. The third-order valence-corrected chi connectivity index (χ3v) is 4.17. The van der Waals surface area contributed by atoms with Crippen LogP contribution in [0.3, 0.4) is 0 Å². The molecule has 2 aromatic carbocycles. The summed E-state index contributed by atoms with van der Waals surface area (Å²) in [4.78, 5) is 34.5. The van der Waals surface area contributed by atoms with Crippen LogP contribution < -0.4 is 10.6 Å². The first kappa shape index (κ1) is 16.6. The summed E-state index contributed by atoms with van der Waals surface area (Å²) in [6.07, 6.45) is 1.90. The second-order valence-electron chi connectivity index (χ2n) is 5.98. The van der Waals surface area contributed by atoms with Crippen LogP contribution in [0.2, 0.25) is 0 Å². The van der Waals surface area contributed by atoms with Crippen LogP contribution >= 0.6 is 0 Å². The highest BCUT2D eigenvalue weighted by atomic mass is 16.6. The number of hydrogen-bond donors (Lipinski definition) is 2. The van der Waals surface area contributed by atoms with E-state index in [0.717, 1.165) is 23.2 Å². The number of nitrogens with one attached hydrogen (secondary N) is 2. The van der Waals surface area contributed by atoms with Crippen molar-refractivity contribution in [3.63, 3.8) is 0 Å². The number of benzene rings is 2. The average molecular weight is 339 g/mol. The van der Waals surface area contributed by atoms with Crippen LogP contribution in [0.1, 0.15) is 34.3 Å². The van der Waals surface area contributed by atoms with Crippen molar-refractivity contribution in [2.45, 2.75) is 26.2 Å². The van der Waals surface area contributed by atoms with E-state index in [0.29, 0.717) is 24.1 Å². The zero-order chi connectivity index (χ0) is 18.0. The van der Waals surface area contributed by atoms with E-state index in [9.17, 15) is 19.7 Å². The SMILES string of the molecule is Cc1ccc([N+](=O)[O-])cc1NC(=O)c1ccc2c(c1)CCCC(=O)N2. The highest BCUT2D eigenvalue weighted by molar-refractivity contribution is 6.05. The van der Waals surface area contributed by atoms with Gasteiger partial charge in [-0.3, -0.25) is 19.7 Å². The standard InChI is InChI=1S/C18H17N3O4/c1-11-5-7-14(21(24)25)10-16(11)20-18(23)13-6-8-15-12(9-13)3-2-4-17(22)19-15/h5-10H,2-4H2,1H3,(H,19,22)(H,20,23). The third-order valence-electron chi connectivity index (χ3n) is 4.17. The Labute approximate surface area is 144 Å². The van der Waals surface area contributed by atoms with Crippen molar-refractivity contribution < 1.29 is 14.5 Å². The fourth-order valence-electron chi connectivity index (χ4n) is 2.77. The molecule has 1 aliphatic rings. The minimum Gasteiger partial charge on any atom is -0.326 e. The van der Waals surface area contributed by atoms with Gasteiger partial charge < -0.3 is 10.6 Å². The van der Waals surface area contributed by atoms with Crippen molar-refractivity contribution in [1.82, 2.24) is 0 Å². The number of aryl methyl sites for hydroxylation is 2. The molecular weight excluding hydrogens is 322 g/mol. The van der Waals surface area contributed by atoms with Crippen LogP contribution in [0.4, 0.5) is 17.1 Å². The molecule has 0 saturated heterocycles. The maximum absolute atomic E-state index is 12.5. The van der Waals surface area contributed by atoms with E-state index in [2.05, 4.69) is 10.6 Å². The van der Waals surface area contributed by atoms with Crippen LogP contribution in [-0.4, -0.2) is 16.7 Å². The number of anilines is 2. The van der Waals surface area contributed by atoms with Gasteiger partial charge in [0.2, 0.25) is 5.91 Å². The first-order chi connectivity index (χ1) is 11.9. The summed E-state index contributed by atoms with van der Waals surface area (Å²) in [6.45, 7) is 1.77. The predicted molar refractivity (Wildman–Crippen MR) is 93.8 cm³/mol. The van der Waals surface area contributed by atoms with E-state index >= 15 is 0 Å². The summed E-state index contributed by atoms with van der Waals surface area (Å²) >= 11 is 0. The monoisotopic (exact) mass is 339 g/mol. The minimum absolute atomic E-state index is 0.0248. The Kier molecular flexibility index (Phi) is 4.47. The van der Waals surface area contributed by atoms with Gasteiger partial charge in [-0.15, -0.1) is 0 Å². The van der Waals surface area contributed by atoms with Crippen molar-refractivity contribution in [1.29, 1.82) is 0 Å². The van der Waals surface area contributed by atoms with Crippen molar-refractivity contribution >= 4 is 28.9 Å². The first-order valence-electron chi connectivity index (χ1n) is 7.93. The maximum atomic E-state index is 12.5. The van der Waals surface area contributed by atoms with E-state index in [1.54, 1.807) is 31.2 Å². The number of fused-ring (bicyclic) bond motifs is 1. The predicted octanol–water partition coefficient (Wildman–Crippen LogP) is 3.43. The number of rotatable bonds is 3. The lowest BCUT2D eigenvalue weighted by Gasteiger charge is -2.11. The smallest absolute Gasteiger partial charge is 0.271 e. The number of nitro benzene ring substituents is 1. The fraction of sp³-hybridized carbons (Fsp3) is 0.222. The molecule has 0 unspecified atom stereocenters. The number of carbonyl (C=O) groups is 2. The topological polar surface area (TPSA) is 101 Å². The van der Waals surface area contributed by atoms with E-state index in [4.69, 9.17) is 0 Å². The molecule has 0 bridgehead atoms. The number of amides is 2. The highest BCUT2D eigenvalue weighted by Crippen LogP contribution is 2.25. The molecule has 0 fully saturated rings. The largest absolute Gasteiger partial charge is 0.326 e. The van der Waals surface area contributed by atoms with Gasteiger partial charge in [0.15, 0.2) is 0 Å². The normalized spacial score (nSPS) is 13.4. The fourth-order valence-corrected chi connectivity index (χ4v) is 2.77. The van der Waals surface area contributed by atoms with Crippen molar-refractivity contribution in [2.75, 3.05) is 10.6 Å². The summed E-state index contributed by atoms with van der Waals surface area (Å²) in [5.41, 5.74) is 3.15. The molecule has 0 aliphatic carbocycles. The van der Waals surface area contributed by atoms with Gasteiger partial charge in [-0.1, -0.05) is 6.07 Å². The van der Waals surface area contributed by atoms with Crippen LogP contribution in [0, 0.1) is 17.0 Å². The Morgan fingerprint density at radius 1 is 1.20 bits per heavy atom. The zero-order valence-electron chi connectivity index (χ0n) is 13.7. The number of carbonyl (C=O) groups excluding carboxylic acids is 2. The molecule has 7 nitrogen and oxygen atoms in total. The number of hydrogen-bond acceptors (Lipinski definition) is 4. The van der Waals surface area contributed by atoms with Crippen molar-refractivity contribution in [3.05, 3.63) is 63.2 Å². The molecule has 1 heterocycles. The van der Waals surface area contributed by atoms with E-state index in [1.165, 1.54) is 12.1 Å². The van der Waals surface area contributed by atoms with E-state index in [1.807, 2.05) is 0 Å². The van der Waals surface area contributed by atoms with Gasteiger partial charge in [-0.05, 0) is 49.1 Å². The van der Waals surface area contributed by atoms with Gasteiger partial charge >= 0.3 is 0 Å². The van der Waals surface area contributed by atoms with Gasteiger partial charge in [0.1, 0.15) is 0 Å². The van der Waals surface area contributed by atoms with Crippen LogP contribution in [0.5, 0.6) is 0 Å². The Morgan fingerprint density at radius 3 is 2.76 bits per heavy atom. The van der Waals surface area contributed by atoms with E-state index in [-0.39, 0.29) is 17.5 Å². The summed E-state index contributed by atoms with van der Waals surface area (Å²) in [5, 5.41) is 16.4. The van der Waals surface area contributed by atoms with Gasteiger partial charge in [0.05, 0.1) is 10.6 Å². The van der Waals surface area contributed by atoms with E-state index < -0.39 is 4.92 Å². The highest BCUT2D eigenvalue weighted by Gasteiger charge is 2.16. The molecule has 0 radical (unpaired) electrons. The average Bonchev–Trinajstić information content (AvgIpc) is 2.76. The maximum Gasteiger partial charge on any atom is 0.271 e. The van der Waals surface area contributed by atoms with Crippen LogP contribution in [0.25, 0.3) is 0 Å². The van der Waals surface area contributed by atoms with Gasteiger partial charge in [0, 0.05) is 29.8 Å². The quantitative estimate of drug-likeness (QED) is 0.660. The molecule has 1 aliphatic heterocycles. The number of nitro groups is 1.